The van der Waals surface area contributed by atoms with E-state index in [1.807, 2.05) is 25.7 Å². The van der Waals surface area contributed by atoms with E-state index in [1.165, 1.54) is 52.6 Å². The Morgan fingerprint density at radius 3 is 1.79 bits per heavy atom. The molecule has 2 aliphatic rings. The Kier molecular flexibility index (Phi) is 14.5. The van der Waals surface area contributed by atoms with Gasteiger partial charge in [-0.2, -0.15) is 10.2 Å². The molecule has 0 radical (unpaired) electrons. The number of nitrogens with zero attached hydrogens (tertiary/aromatic N) is 9. The minimum atomic E-state index is -0.245. The van der Waals surface area contributed by atoms with Crippen LogP contribution in [0, 0.1) is 19.8 Å². The van der Waals surface area contributed by atoms with E-state index in [9.17, 15) is 14.4 Å². The molecule has 2 aliphatic carbocycles. The number of allylic oxidation sites excluding steroid dienone is 1. The highest BCUT2D eigenvalue weighted by atomic mass is 35.5. The Bertz CT molecular complexity index is 2040. The number of rotatable bonds is 12. The first-order valence-electron chi connectivity index (χ1n) is 15.7. The monoisotopic (exact) mass is 784 g/mol. The van der Waals surface area contributed by atoms with Gasteiger partial charge in [-0.05, 0) is 82.6 Å². The van der Waals surface area contributed by atoms with Crippen LogP contribution in [0.2, 0.25) is 0 Å². The topological polar surface area (TPSA) is 211 Å². The van der Waals surface area contributed by atoms with E-state index in [4.69, 9.17) is 9.73 Å². The Hall–Kier alpha value is -4.20. The second kappa shape index (κ2) is 18.5. The number of pyridine rings is 2. The van der Waals surface area contributed by atoms with Crippen molar-refractivity contribution in [1.82, 2.24) is 44.7 Å². The number of ketones is 3. The quantitative estimate of drug-likeness (QED) is 0.0393. The first-order chi connectivity index (χ1) is 24.7. The minimum absolute atomic E-state index is 0. The van der Waals surface area contributed by atoms with Gasteiger partial charge in [0.15, 0.2) is 34.0 Å². The maximum atomic E-state index is 13.1. The molecular formula is C33H37ClN10O5S3. The predicted molar refractivity (Wildman–Crippen MR) is 201 cm³/mol. The lowest BCUT2D eigenvalue weighted by Crippen LogP contribution is -2.18. The van der Waals surface area contributed by atoms with Crippen LogP contribution < -0.4 is 5.90 Å². The van der Waals surface area contributed by atoms with Crippen LogP contribution in [-0.4, -0.2) is 86.0 Å². The van der Waals surface area contributed by atoms with Gasteiger partial charge in [0, 0.05) is 23.0 Å². The minimum Gasteiger partial charge on any atom is -0.359 e. The van der Waals surface area contributed by atoms with Crippen molar-refractivity contribution >= 4 is 65.0 Å². The number of hydrogen-bond donors (Lipinski definition) is 2. The Morgan fingerprint density at radius 2 is 1.37 bits per heavy atom. The normalized spacial score (nSPS) is 13.1. The zero-order valence-corrected chi connectivity index (χ0v) is 32.2. The molecule has 52 heavy (non-hydrogen) atoms. The third-order valence-electron chi connectivity index (χ3n) is 7.99. The number of carbonyl (C=O) groups excluding carboxylic acids is 3. The lowest BCUT2D eigenvalue weighted by atomic mass is 9.98. The lowest BCUT2D eigenvalue weighted by molar-refractivity contribution is -0.116. The van der Waals surface area contributed by atoms with Gasteiger partial charge in [-0.15, -0.1) is 47.7 Å². The molecule has 0 unspecified atom stereocenters. The summed E-state index contributed by atoms with van der Waals surface area (Å²) in [6.07, 6.45) is 15.5. The molecule has 5 heterocycles. The number of aromatic nitrogens is 9. The van der Waals surface area contributed by atoms with E-state index in [1.54, 1.807) is 48.5 Å². The maximum absolute atomic E-state index is 13.1. The van der Waals surface area contributed by atoms with E-state index in [2.05, 4.69) is 41.2 Å². The number of halogens is 1. The number of aryl methyl sites for hydroxylation is 2. The smallest absolute Gasteiger partial charge is 0.201 e. The fraction of sp³-hybridized carbons (Fsp3) is 0.333. The molecule has 0 bridgehead atoms. The van der Waals surface area contributed by atoms with Gasteiger partial charge < -0.3 is 9.73 Å². The third kappa shape index (κ3) is 9.05. The van der Waals surface area contributed by atoms with Gasteiger partial charge >= 0.3 is 0 Å². The third-order valence-corrected chi connectivity index (χ3v) is 10.8. The molecule has 0 aliphatic heterocycles. The van der Waals surface area contributed by atoms with Crippen LogP contribution >= 0.6 is 47.7 Å². The Balaban J connectivity index is 0.000000218. The molecule has 15 nitrogen and oxygen atoms in total. The van der Waals surface area contributed by atoms with Crippen molar-refractivity contribution in [2.45, 2.75) is 50.5 Å². The molecule has 19 heteroatoms. The molecule has 5 aromatic rings. The van der Waals surface area contributed by atoms with E-state index >= 15 is 0 Å². The molecule has 0 saturated heterocycles. The molecule has 0 atom stereocenters. The zero-order valence-electron chi connectivity index (χ0n) is 28.9. The van der Waals surface area contributed by atoms with Crippen molar-refractivity contribution in [3.05, 3.63) is 93.2 Å². The van der Waals surface area contributed by atoms with E-state index < -0.39 is 0 Å². The highest BCUT2D eigenvalue weighted by molar-refractivity contribution is 8.21. The number of nitrogens with two attached hydrogens (primary N) is 1. The largest absolute Gasteiger partial charge is 0.359 e. The number of carbonyl (C=O) groups is 3. The maximum Gasteiger partial charge on any atom is 0.201 e. The van der Waals surface area contributed by atoms with Gasteiger partial charge in [-0.3, -0.25) is 14.4 Å². The summed E-state index contributed by atoms with van der Waals surface area (Å²) in [5.41, 5.74) is 3.11. The van der Waals surface area contributed by atoms with Gasteiger partial charge in [0.25, 0.3) is 0 Å². The second-order valence-corrected chi connectivity index (χ2v) is 14.0. The van der Waals surface area contributed by atoms with Crippen LogP contribution in [0.5, 0.6) is 0 Å². The molecular weight excluding hydrogens is 748 g/mol. The van der Waals surface area contributed by atoms with Crippen LogP contribution in [0.25, 0.3) is 11.6 Å². The van der Waals surface area contributed by atoms with Crippen molar-refractivity contribution in [2.24, 2.45) is 11.8 Å². The molecule has 0 amide bonds. The average molecular weight is 785 g/mol. The fourth-order valence-corrected chi connectivity index (χ4v) is 7.13. The van der Waals surface area contributed by atoms with Gasteiger partial charge in [0.05, 0.1) is 26.8 Å². The molecule has 7 rings (SSSR count). The Morgan fingerprint density at radius 1 is 0.827 bits per heavy atom. The van der Waals surface area contributed by atoms with Crippen LogP contribution in [0.1, 0.15) is 75.0 Å². The molecule has 274 valence electrons. The summed E-state index contributed by atoms with van der Waals surface area (Å²) in [6.45, 7) is 3.58. The summed E-state index contributed by atoms with van der Waals surface area (Å²) in [5, 5.41) is 19.3. The highest BCUT2D eigenvalue weighted by Gasteiger charge is 2.37. The molecule has 2 saturated carbocycles. The van der Waals surface area contributed by atoms with Crippen molar-refractivity contribution in [3.63, 3.8) is 0 Å². The number of Topliss-reactive ketones (excluding diaryl/α,β-unsaturated/α-hetero) is 2. The van der Waals surface area contributed by atoms with Crippen molar-refractivity contribution < 1.29 is 24.1 Å². The lowest BCUT2D eigenvalue weighted by Gasteiger charge is -2.12. The summed E-state index contributed by atoms with van der Waals surface area (Å²) >= 11 is 4.30. The summed E-state index contributed by atoms with van der Waals surface area (Å²) in [7, 11) is 0. The molecule has 3 N–H and O–H groups in total. The zero-order chi connectivity index (χ0) is 36.7. The van der Waals surface area contributed by atoms with Gasteiger partial charge in [-0.1, -0.05) is 5.16 Å². The SMILES string of the molecule is CSC(SC)=C(C(=O)c1ccc(-n2cncn2)nc1C)C(=O)C1CC1.CSc1noc(C2CC2)c1C(=O)c1ccc(-n2cncn2)nc1C.Cl.NO. The van der Waals surface area contributed by atoms with Crippen molar-refractivity contribution in [2.75, 3.05) is 18.8 Å². The fourth-order valence-electron chi connectivity index (χ4n) is 5.16. The van der Waals surface area contributed by atoms with Gasteiger partial charge in [0.2, 0.25) is 5.78 Å². The van der Waals surface area contributed by atoms with E-state index in [0.29, 0.717) is 62.0 Å². The molecule has 2 fully saturated rings. The van der Waals surface area contributed by atoms with Gasteiger partial charge in [-0.25, -0.2) is 35.2 Å². The van der Waals surface area contributed by atoms with E-state index in [0.717, 1.165) is 29.9 Å². The van der Waals surface area contributed by atoms with Crippen LogP contribution in [0.3, 0.4) is 0 Å². The molecule has 0 aromatic carbocycles. The van der Waals surface area contributed by atoms with Crippen molar-refractivity contribution in [1.29, 1.82) is 0 Å². The first-order valence-corrected chi connectivity index (χ1v) is 19.3. The van der Waals surface area contributed by atoms with Gasteiger partial charge in [0.1, 0.15) is 25.3 Å². The number of hydrogen-bond acceptors (Lipinski definition) is 16. The van der Waals surface area contributed by atoms with E-state index in [-0.39, 0.29) is 35.7 Å². The first kappa shape index (κ1) is 40.6. The molecule has 5 aromatic heterocycles. The van der Waals surface area contributed by atoms with Crippen LogP contribution in [-0.2, 0) is 4.79 Å². The highest BCUT2D eigenvalue weighted by Crippen LogP contribution is 2.44. The summed E-state index contributed by atoms with van der Waals surface area (Å²) in [4.78, 5) is 55.6. The molecule has 0 spiro atoms. The summed E-state index contributed by atoms with van der Waals surface area (Å²) in [5.74, 6) is 5.37. The van der Waals surface area contributed by atoms with Crippen molar-refractivity contribution in [3.8, 4) is 11.6 Å². The van der Waals surface area contributed by atoms with Crippen LogP contribution in [0.15, 0.2) is 68.9 Å². The number of thioether (sulfide) groups is 3. The second-order valence-electron chi connectivity index (χ2n) is 11.4. The predicted octanol–water partition coefficient (Wildman–Crippen LogP) is 5.62. The Labute approximate surface area is 318 Å². The summed E-state index contributed by atoms with van der Waals surface area (Å²) in [6, 6.07) is 6.96. The summed E-state index contributed by atoms with van der Waals surface area (Å²) < 4.78 is 9.30. The van der Waals surface area contributed by atoms with Crippen LogP contribution in [0.4, 0.5) is 0 Å². The average Bonchev–Trinajstić information content (AvgIpc) is 4.00. The standard InChI is InChI=1S/C17H18N4O2S2.C16H15N5O2S.ClH.H3NO/c1-10-12(6-7-13(20-10)21-9-18-8-19-21)16(23)14(17(24-2)25-3)15(22)11-4-5-11;1-9-11(5-6-12(19-9)21-8-17-7-18-21)14(22)13-15(10-3-4-10)23-20-16(13)24-2;;1-2/h6-9,11H,4-5H2,1-3H3;5-8,10H,3-4H2,1-2H3;1H;2H,1H2.